The topological polar surface area (TPSA) is 58.0 Å². The molecule has 1 aromatic heterocycles. The molecule has 1 heterocycles. The molecule has 0 amide bonds. The maximum Gasteiger partial charge on any atom is 0.148 e. The van der Waals surface area contributed by atoms with E-state index in [-0.39, 0.29) is 6.61 Å². The van der Waals surface area contributed by atoms with Crippen LogP contribution in [0.1, 0.15) is 43.7 Å². The number of rotatable bonds is 5. The maximum absolute atomic E-state index is 8.66. The van der Waals surface area contributed by atoms with Crippen molar-refractivity contribution in [3.63, 3.8) is 0 Å². The lowest BCUT2D eigenvalue weighted by Crippen LogP contribution is -2.07. The minimum Gasteiger partial charge on any atom is -0.396 e. The first-order chi connectivity index (χ1) is 7.90. The highest BCUT2D eigenvalue weighted by Gasteiger charge is 2.18. The first-order valence-electron chi connectivity index (χ1n) is 6.08. The van der Waals surface area contributed by atoms with Crippen molar-refractivity contribution in [1.29, 1.82) is 0 Å². The van der Waals surface area contributed by atoms with Gasteiger partial charge in [-0.25, -0.2) is 0 Å². The van der Waals surface area contributed by atoms with Crippen molar-refractivity contribution in [2.24, 2.45) is 0 Å². The molecule has 0 bridgehead atoms. The summed E-state index contributed by atoms with van der Waals surface area (Å²) in [5.74, 6) is 1.43. The van der Waals surface area contributed by atoms with Crippen LogP contribution in [0.2, 0.25) is 0 Å². The first-order valence-corrected chi connectivity index (χ1v) is 6.08. The molecule has 88 valence electrons. The molecule has 0 radical (unpaired) electrons. The van der Waals surface area contributed by atoms with E-state index in [1.807, 2.05) is 6.07 Å². The molecule has 16 heavy (non-hydrogen) atoms. The van der Waals surface area contributed by atoms with Gasteiger partial charge in [-0.2, -0.15) is 5.10 Å². The Morgan fingerprint density at radius 1 is 1.25 bits per heavy atom. The molecular formula is C12H19N3O. The highest BCUT2D eigenvalue weighted by molar-refractivity contribution is 5.33. The largest absolute Gasteiger partial charge is 0.396 e. The van der Waals surface area contributed by atoms with Gasteiger partial charge < -0.3 is 10.4 Å². The van der Waals surface area contributed by atoms with Crippen LogP contribution in [0.15, 0.2) is 12.1 Å². The maximum atomic E-state index is 8.66. The van der Waals surface area contributed by atoms with Gasteiger partial charge in [0.15, 0.2) is 0 Å². The van der Waals surface area contributed by atoms with Gasteiger partial charge in [0, 0.05) is 19.1 Å². The van der Waals surface area contributed by atoms with Crippen LogP contribution < -0.4 is 5.32 Å². The van der Waals surface area contributed by atoms with E-state index >= 15 is 0 Å². The van der Waals surface area contributed by atoms with Gasteiger partial charge in [0.1, 0.15) is 5.82 Å². The van der Waals surface area contributed by atoms with E-state index in [2.05, 4.69) is 21.6 Å². The van der Waals surface area contributed by atoms with Crippen molar-refractivity contribution in [1.82, 2.24) is 10.2 Å². The van der Waals surface area contributed by atoms with Gasteiger partial charge in [-0.15, -0.1) is 5.10 Å². The number of hydrogen-bond donors (Lipinski definition) is 2. The number of aromatic nitrogens is 2. The highest BCUT2D eigenvalue weighted by Crippen LogP contribution is 2.32. The number of hydrogen-bond acceptors (Lipinski definition) is 4. The van der Waals surface area contributed by atoms with Crippen molar-refractivity contribution in [3.8, 4) is 0 Å². The van der Waals surface area contributed by atoms with Crippen LogP contribution in [0.3, 0.4) is 0 Å². The minimum atomic E-state index is 0.209. The second-order valence-corrected chi connectivity index (χ2v) is 4.33. The van der Waals surface area contributed by atoms with E-state index in [0.29, 0.717) is 5.92 Å². The van der Waals surface area contributed by atoms with E-state index in [4.69, 9.17) is 5.11 Å². The highest BCUT2D eigenvalue weighted by atomic mass is 16.3. The van der Waals surface area contributed by atoms with Crippen molar-refractivity contribution in [3.05, 3.63) is 17.8 Å². The van der Waals surface area contributed by atoms with E-state index in [9.17, 15) is 0 Å². The summed E-state index contributed by atoms with van der Waals surface area (Å²) in [6.45, 7) is 0.953. The van der Waals surface area contributed by atoms with Crippen LogP contribution in [-0.4, -0.2) is 28.5 Å². The van der Waals surface area contributed by atoms with E-state index in [1.54, 1.807) is 0 Å². The summed E-state index contributed by atoms with van der Waals surface area (Å²) in [5, 5.41) is 20.2. The second-order valence-electron chi connectivity index (χ2n) is 4.33. The Bertz CT molecular complexity index is 307. The minimum absolute atomic E-state index is 0.209. The molecule has 0 unspecified atom stereocenters. The molecule has 0 aromatic carbocycles. The molecule has 2 rings (SSSR count). The molecule has 1 aliphatic carbocycles. The summed E-state index contributed by atoms with van der Waals surface area (Å²) >= 11 is 0. The molecular weight excluding hydrogens is 202 g/mol. The van der Waals surface area contributed by atoms with Crippen LogP contribution in [0.25, 0.3) is 0 Å². The lowest BCUT2D eigenvalue weighted by atomic mass is 10.0. The number of anilines is 1. The number of nitrogens with zero attached hydrogens (tertiary/aromatic N) is 2. The monoisotopic (exact) mass is 221 g/mol. The molecule has 1 saturated carbocycles. The summed E-state index contributed by atoms with van der Waals surface area (Å²) in [4.78, 5) is 0. The average molecular weight is 221 g/mol. The molecule has 4 nitrogen and oxygen atoms in total. The van der Waals surface area contributed by atoms with Crippen LogP contribution in [-0.2, 0) is 0 Å². The van der Waals surface area contributed by atoms with E-state index in [1.165, 1.54) is 25.7 Å². The van der Waals surface area contributed by atoms with Crippen molar-refractivity contribution in [2.45, 2.75) is 38.0 Å². The normalized spacial score (nSPS) is 16.6. The predicted octanol–water partition coefficient (Wildman–Crippen LogP) is 1.93. The van der Waals surface area contributed by atoms with Crippen LogP contribution >= 0.6 is 0 Å². The van der Waals surface area contributed by atoms with Gasteiger partial charge in [-0.05, 0) is 31.4 Å². The third kappa shape index (κ3) is 2.92. The second kappa shape index (κ2) is 5.80. The Morgan fingerprint density at radius 3 is 2.69 bits per heavy atom. The number of nitrogens with one attached hydrogen (secondary N) is 1. The Morgan fingerprint density at radius 2 is 2.06 bits per heavy atom. The zero-order valence-electron chi connectivity index (χ0n) is 9.52. The lowest BCUT2D eigenvalue weighted by Gasteiger charge is -2.08. The predicted molar refractivity (Wildman–Crippen MR) is 63.4 cm³/mol. The SMILES string of the molecule is OCCCNc1ccc(C2CCCC2)nn1. The summed E-state index contributed by atoms with van der Waals surface area (Å²) in [6.07, 6.45) is 5.90. The zero-order chi connectivity index (χ0) is 11.2. The molecule has 0 spiro atoms. The van der Waals surface area contributed by atoms with Crippen LogP contribution in [0, 0.1) is 0 Å². The molecule has 0 aliphatic heterocycles. The molecule has 1 fully saturated rings. The molecule has 1 aliphatic rings. The van der Waals surface area contributed by atoms with Gasteiger partial charge in [0.05, 0.1) is 5.69 Å². The fourth-order valence-corrected chi connectivity index (χ4v) is 2.17. The summed E-state index contributed by atoms with van der Waals surface area (Å²) in [7, 11) is 0. The van der Waals surface area contributed by atoms with Gasteiger partial charge in [0.2, 0.25) is 0 Å². The summed E-state index contributed by atoms with van der Waals surface area (Å²) in [6, 6.07) is 4.06. The molecule has 4 heteroatoms. The smallest absolute Gasteiger partial charge is 0.148 e. The summed E-state index contributed by atoms with van der Waals surface area (Å²) in [5.41, 5.74) is 1.13. The molecule has 2 N–H and O–H groups in total. The molecule has 1 aromatic rings. The quantitative estimate of drug-likeness (QED) is 0.746. The average Bonchev–Trinajstić information content (AvgIpc) is 2.84. The standard InChI is InChI=1S/C12H19N3O/c16-9-3-8-13-12-7-6-11(14-15-12)10-4-1-2-5-10/h6-7,10,16H,1-5,8-9H2,(H,13,15). The fourth-order valence-electron chi connectivity index (χ4n) is 2.17. The number of aliphatic hydroxyl groups is 1. The Labute approximate surface area is 96.1 Å². The molecule has 0 saturated heterocycles. The van der Waals surface area contributed by atoms with Gasteiger partial charge in [0.25, 0.3) is 0 Å². The van der Waals surface area contributed by atoms with Crippen LogP contribution in [0.4, 0.5) is 5.82 Å². The fraction of sp³-hybridized carbons (Fsp3) is 0.667. The van der Waals surface area contributed by atoms with E-state index < -0.39 is 0 Å². The first kappa shape index (κ1) is 11.3. The van der Waals surface area contributed by atoms with Crippen molar-refractivity contribution in [2.75, 3.05) is 18.5 Å². The van der Waals surface area contributed by atoms with Crippen molar-refractivity contribution >= 4 is 5.82 Å². The third-order valence-electron chi connectivity index (χ3n) is 3.10. The van der Waals surface area contributed by atoms with Crippen LogP contribution in [0.5, 0.6) is 0 Å². The summed E-state index contributed by atoms with van der Waals surface area (Å²) < 4.78 is 0. The van der Waals surface area contributed by atoms with E-state index in [0.717, 1.165) is 24.5 Å². The third-order valence-corrected chi connectivity index (χ3v) is 3.10. The number of aliphatic hydroxyl groups excluding tert-OH is 1. The lowest BCUT2D eigenvalue weighted by molar-refractivity contribution is 0.292. The Balaban J connectivity index is 1.88. The van der Waals surface area contributed by atoms with Gasteiger partial charge >= 0.3 is 0 Å². The Hall–Kier alpha value is -1.16. The zero-order valence-corrected chi connectivity index (χ0v) is 9.52. The molecule has 0 atom stereocenters. The van der Waals surface area contributed by atoms with Gasteiger partial charge in [-0.3, -0.25) is 0 Å². The van der Waals surface area contributed by atoms with Gasteiger partial charge in [-0.1, -0.05) is 12.8 Å². The Kier molecular flexibility index (Phi) is 4.10. The van der Waals surface area contributed by atoms with Crippen molar-refractivity contribution < 1.29 is 5.11 Å².